The first-order valence-corrected chi connectivity index (χ1v) is 8.41. The molecule has 0 aliphatic carbocycles. The number of esters is 1. The SMILES string of the molecule is CC(=O)NCCc1c[nH]c2ccc(OC(=O)/C=C/c3ccccc3)cc12. The third-order valence-corrected chi connectivity index (χ3v) is 3.94. The lowest BCUT2D eigenvalue weighted by atomic mass is 10.1. The fraction of sp³-hybridized carbons (Fsp3) is 0.143. The smallest absolute Gasteiger partial charge is 0.336 e. The molecule has 0 spiro atoms. The number of carbonyl (C=O) groups is 2. The van der Waals surface area contributed by atoms with Gasteiger partial charge >= 0.3 is 5.97 Å². The van der Waals surface area contributed by atoms with E-state index in [-0.39, 0.29) is 5.91 Å². The highest BCUT2D eigenvalue weighted by Crippen LogP contribution is 2.24. The first-order chi connectivity index (χ1) is 12.6. The number of benzene rings is 2. The van der Waals surface area contributed by atoms with Gasteiger partial charge in [0.25, 0.3) is 0 Å². The van der Waals surface area contributed by atoms with Gasteiger partial charge in [-0.3, -0.25) is 4.79 Å². The summed E-state index contributed by atoms with van der Waals surface area (Å²) in [6.45, 7) is 2.06. The third kappa shape index (κ3) is 4.60. The fourth-order valence-electron chi connectivity index (χ4n) is 2.68. The number of H-pyrrole nitrogens is 1. The molecule has 0 fully saturated rings. The number of rotatable bonds is 6. The molecule has 5 heteroatoms. The number of fused-ring (bicyclic) bond motifs is 1. The molecule has 0 aliphatic rings. The van der Waals surface area contributed by atoms with Gasteiger partial charge in [-0.1, -0.05) is 30.3 Å². The van der Waals surface area contributed by atoms with Gasteiger partial charge in [0.05, 0.1) is 0 Å². The predicted octanol–water partition coefficient (Wildman–Crippen LogP) is 3.47. The molecular weight excluding hydrogens is 328 g/mol. The molecule has 0 bridgehead atoms. The van der Waals surface area contributed by atoms with Crippen LogP contribution in [0.15, 0.2) is 60.8 Å². The maximum atomic E-state index is 12.0. The van der Waals surface area contributed by atoms with Gasteiger partial charge in [0.15, 0.2) is 0 Å². The monoisotopic (exact) mass is 348 g/mol. The van der Waals surface area contributed by atoms with Crippen molar-refractivity contribution in [2.75, 3.05) is 6.54 Å². The number of amides is 1. The average Bonchev–Trinajstić information content (AvgIpc) is 3.03. The molecule has 0 unspecified atom stereocenters. The summed E-state index contributed by atoms with van der Waals surface area (Å²) in [5.74, 6) is 0.00814. The Morgan fingerprint density at radius 1 is 1.15 bits per heavy atom. The number of nitrogens with one attached hydrogen (secondary N) is 2. The lowest BCUT2D eigenvalue weighted by molar-refractivity contribution is -0.128. The molecular formula is C21H20N2O3. The Kier molecular flexibility index (Phi) is 5.49. The number of aromatic nitrogens is 1. The van der Waals surface area contributed by atoms with E-state index in [0.29, 0.717) is 18.7 Å². The highest BCUT2D eigenvalue weighted by Gasteiger charge is 2.07. The number of hydrogen-bond acceptors (Lipinski definition) is 3. The summed E-state index contributed by atoms with van der Waals surface area (Å²) in [7, 11) is 0. The number of hydrogen-bond donors (Lipinski definition) is 2. The Morgan fingerprint density at radius 2 is 1.96 bits per heavy atom. The Balaban J connectivity index is 1.69. The minimum Gasteiger partial charge on any atom is -0.423 e. The fourth-order valence-corrected chi connectivity index (χ4v) is 2.68. The van der Waals surface area contributed by atoms with Gasteiger partial charge in [-0.05, 0) is 41.8 Å². The van der Waals surface area contributed by atoms with Crippen LogP contribution in [0.3, 0.4) is 0 Å². The Hall–Kier alpha value is -3.34. The van der Waals surface area contributed by atoms with E-state index in [1.54, 1.807) is 12.1 Å². The van der Waals surface area contributed by atoms with Crippen LogP contribution >= 0.6 is 0 Å². The Bertz CT molecular complexity index is 942. The first kappa shape index (κ1) is 17.5. The lowest BCUT2D eigenvalue weighted by Crippen LogP contribution is -2.22. The summed E-state index contributed by atoms with van der Waals surface area (Å²) < 4.78 is 5.40. The summed E-state index contributed by atoms with van der Waals surface area (Å²) in [6, 6.07) is 15.0. The van der Waals surface area contributed by atoms with E-state index in [0.717, 1.165) is 22.0 Å². The van der Waals surface area contributed by atoms with E-state index >= 15 is 0 Å². The molecule has 1 aromatic heterocycles. The zero-order chi connectivity index (χ0) is 18.4. The molecule has 0 aliphatic heterocycles. The highest BCUT2D eigenvalue weighted by atomic mass is 16.5. The van der Waals surface area contributed by atoms with E-state index in [2.05, 4.69) is 10.3 Å². The van der Waals surface area contributed by atoms with Crippen LogP contribution in [0.4, 0.5) is 0 Å². The minimum absolute atomic E-state index is 0.0512. The number of ether oxygens (including phenoxy) is 1. The standard InChI is InChI=1S/C21H20N2O3/c1-15(24)22-12-11-17-14-23-20-9-8-18(13-19(17)20)26-21(25)10-7-16-5-3-2-4-6-16/h2-10,13-14,23H,11-12H2,1H3,(H,22,24)/b10-7+. The molecule has 5 nitrogen and oxygen atoms in total. The van der Waals surface area contributed by atoms with Crippen molar-refractivity contribution in [3.05, 3.63) is 71.9 Å². The highest BCUT2D eigenvalue weighted by molar-refractivity contribution is 5.90. The van der Waals surface area contributed by atoms with E-state index in [9.17, 15) is 9.59 Å². The third-order valence-electron chi connectivity index (χ3n) is 3.94. The van der Waals surface area contributed by atoms with Crippen LogP contribution < -0.4 is 10.1 Å². The normalized spacial score (nSPS) is 11.0. The summed E-state index contributed by atoms with van der Waals surface area (Å²) in [5.41, 5.74) is 2.96. The van der Waals surface area contributed by atoms with Gasteiger partial charge < -0.3 is 15.0 Å². The van der Waals surface area contributed by atoms with Crippen LogP contribution in [-0.2, 0) is 16.0 Å². The molecule has 0 saturated heterocycles. The number of aromatic amines is 1. The zero-order valence-corrected chi connectivity index (χ0v) is 14.5. The average molecular weight is 348 g/mol. The molecule has 1 amide bonds. The van der Waals surface area contributed by atoms with Gasteiger partial charge in [-0.25, -0.2) is 4.79 Å². The van der Waals surface area contributed by atoms with E-state index in [1.807, 2.05) is 48.7 Å². The molecule has 0 atom stereocenters. The topological polar surface area (TPSA) is 71.2 Å². The van der Waals surface area contributed by atoms with E-state index in [1.165, 1.54) is 13.0 Å². The molecule has 2 aromatic carbocycles. The van der Waals surface area contributed by atoms with Crippen LogP contribution in [0, 0.1) is 0 Å². The molecule has 3 aromatic rings. The van der Waals surface area contributed by atoms with Crippen molar-refractivity contribution in [3.8, 4) is 5.75 Å². The van der Waals surface area contributed by atoms with E-state index < -0.39 is 5.97 Å². The van der Waals surface area contributed by atoms with Crippen molar-refractivity contribution in [2.24, 2.45) is 0 Å². The molecule has 1 heterocycles. The van der Waals surface area contributed by atoms with Crippen molar-refractivity contribution in [2.45, 2.75) is 13.3 Å². The summed E-state index contributed by atoms with van der Waals surface area (Å²) >= 11 is 0. The van der Waals surface area contributed by atoms with E-state index in [4.69, 9.17) is 4.74 Å². The minimum atomic E-state index is -0.427. The van der Waals surface area contributed by atoms with Crippen LogP contribution in [0.2, 0.25) is 0 Å². The predicted molar refractivity (Wildman–Crippen MR) is 102 cm³/mol. The van der Waals surface area contributed by atoms with Gasteiger partial charge in [0.2, 0.25) is 5.91 Å². The van der Waals surface area contributed by atoms with Crippen molar-refractivity contribution >= 4 is 28.9 Å². The van der Waals surface area contributed by atoms with Crippen molar-refractivity contribution in [1.29, 1.82) is 0 Å². The second-order valence-corrected chi connectivity index (χ2v) is 5.92. The van der Waals surface area contributed by atoms with Crippen molar-refractivity contribution in [1.82, 2.24) is 10.3 Å². The zero-order valence-electron chi connectivity index (χ0n) is 14.5. The second kappa shape index (κ2) is 8.16. The Labute approximate surface area is 151 Å². The summed E-state index contributed by atoms with van der Waals surface area (Å²) in [4.78, 5) is 26.2. The maximum absolute atomic E-state index is 12.0. The summed E-state index contributed by atoms with van der Waals surface area (Å²) in [6.07, 6.45) is 5.74. The van der Waals surface area contributed by atoms with Crippen molar-refractivity contribution in [3.63, 3.8) is 0 Å². The van der Waals surface area contributed by atoms with Crippen molar-refractivity contribution < 1.29 is 14.3 Å². The van der Waals surface area contributed by atoms with Crippen LogP contribution in [0.1, 0.15) is 18.1 Å². The van der Waals surface area contributed by atoms with Gasteiger partial charge in [-0.15, -0.1) is 0 Å². The van der Waals surface area contributed by atoms with Crippen LogP contribution in [0.25, 0.3) is 17.0 Å². The van der Waals surface area contributed by atoms with Gasteiger partial charge in [0.1, 0.15) is 5.75 Å². The molecule has 3 rings (SSSR count). The molecule has 132 valence electrons. The molecule has 0 radical (unpaired) electrons. The lowest BCUT2D eigenvalue weighted by Gasteiger charge is -2.04. The van der Waals surface area contributed by atoms with Crippen LogP contribution in [0.5, 0.6) is 5.75 Å². The number of carbonyl (C=O) groups excluding carboxylic acids is 2. The maximum Gasteiger partial charge on any atom is 0.336 e. The second-order valence-electron chi connectivity index (χ2n) is 5.92. The Morgan fingerprint density at radius 3 is 2.73 bits per heavy atom. The molecule has 26 heavy (non-hydrogen) atoms. The van der Waals surface area contributed by atoms with Gasteiger partial charge in [-0.2, -0.15) is 0 Å². The van der Waals surface area contributed by atoms with Gasteiger partial charge in [0, 0.05) is 36.6 Å². The molecule has 2 N–H and O–H groups in total. The first-order valence-electron chi connectivity index (χ1n) is 8.41. The van der Waals surface area contributed by atoms with Crippen LogP contribution in [-0.4, -0.2) is 23.4 Å². The summed E-state index contributed by atoms with van der Waals surface area (Å²) in [5, 5.41) is 3.76. The largest absolute Gasteiger partial charge is 0.423 e. The molecule has 0 saturated carbocycles. The quantitative estimate of drug-likeness (QED) is 0.407.